The smallest absolute Gasteiger partial charge is 0.326 e. The maximum atomic E-state index is 11.6. The molecule has 0 aliphatic heterocycles. The van der Waals surface area contributed by atoms with Crippen LogP contribution in [0, 0.1) is 16.7 Å². The Morgan fingerprint density at radius 3 is 2.88 bits per heavy atom. The molecule has 0 fully saturated rings. The number of hydrogen-bond donors (Lipinski definition) is 0. The highest BCUT2D eigenvalue weighted by atomic mass is 16.5. The molecule has 1 unspecified atom stereocenters. The lowest BCUT2D eigenvalue weighted by Gasteiger charge is -2.17. The van der Waals surface area contributed by atoms with Crippen LogP contribution >= 0.6 is 0 Å². The number of aryl methyl sites for hydroxylation is 1. The van der Waals surface area contributed by atoms with Crippen LogP contribution in [0.4, 0.5) is 0 Å². The number of ether oxygens (including phenoxy) is 1. The number of nitriles is 1. The van der Waals surface area contributed by atoms with Crippen LogP contribution in [0.3, 0.4) is 0 Å². The normalized spacial score (nSPS) is 13.9. The summed E-state index contributed by atoms with van der Waals surface area (Å²) in [6.07, 6.45) is 1.88. The van der Waals surface area contributed by atoms with Gasteiger partial charge in [-0.3, -0.25) is 9.48 Å². The molecule has 1 rings (SSSR count). The summed E-state index contributed by atoms with van der Waals surface area (Å²) >= 11 is 0. The van der Waals surface area contributed by atoms with E-state index in [4.69, 9.17) is 10.00 Å². The van der Waals surface area contributed by atoms with Gasteiger partial charge in [-0.15, -0.1) is 5.10 Å². The van der Waals surface area contributed by atoms with Crippen LogP contribution in [0.1, 0.15) is 19.5 Å². The number of carbonyl (C=O) groups is 1. The SMILES string of the molecule is CCOC(=O)C(C)(C#N)Cc1cn(C)nn1. The van der Waals surface area contributed by atoms with Crippen LogP contribution in [0.2, 0.25) is 0 Å². The molecule has 16 heavy (non-hydrogen) atoms. The third-order valence-electron chi connectivity index (χ3n) is 2.16. The Bertz CT molecular complexity index is 421. The maximum absolute atomic E-state index is 11.6. The van der Waals surface area contributed by atoms with E-state index >= 15 is 0 Å². The van der Waals surface area contributed by atoms with Gasteiger partial charge < -0.3 is 4.74 Å². The van der Waals surface area contributed by atoms with Crippen molar-refractivity contribution in [1.29, 1.82) is 5.26 Å². The van der Waals surface area contributed by atoms with Crippen molar-refractivity contribution in [3.8, 4) is 6.07 Å². The molecule has 1 atom stereocenters. The standard InChI is InChI=1S/C10H14N4O2/c1-4-16-9(15)10(2,7-11)5-8-6-14(3)13-12-8/h6H,4-5H2,1-3H3. The van der Waals surface area contributed by atoms with Gasteiger partial charge in [0, 0.05) is 19.7 Å². The number of carbonyl (C=O) groups excluding carboxylic acids is 1. The second-order valence-electron chi connectivity index (χ2n) is 3.72. The molecule has 0 amide bonds. The minimum atomic E-state index is -1.20. The molecule has 86 valence electrons. The van der Waals surface area contributed by atoms with Gasteiger partial charge in [0.05, 0.1) is 18.4 Å². The van der Waals surface area contributed by atoms with Gasteiger partial charge in [-0.05, 0) is 13.8 Å². The van der Waals surface area contributed by atoms with Gasteiger partial charge in [0.2, 0.25) is 0 Å². The Labute approximate surface area is 93.8 Å². The lowest BCUT2D eigenvalue weighted by molar-refractivity contribution is -0.151. The average molecular weight is 222 g/mol. The topological polar surface area (TPSA) is 80.8 Å². The molecule has 0 bridgehead atoms. The van der Waals surface area contributed by atoms with E-state index in [9.17, 15) is 4.79 Å². The van der Waals surface area contributed by atoms with Gasteiger partial charge in [0.15, 0.2) is 5.41 Å². The van der Waals surface area contributed by atoms with E-state index in [2.05, 4.69) is 10.3 Å². The molecule has 0 spiro atoms. The first-order valence-corrected chi connectivity index (χ1v) is 4.95. The molecule has 6 nitrogen and oxygen atoms in total. The van der Waals surface area contributed by atoms with E-state index in [1.165, 1.54) is 4.68 Å². The summed E-state index contributed by atoms with van der Waals surface area (Å²) in [6.45, 7) is 3.51. The van der Waals surface area contributed by atoms with Gasteiger partial charge in [-0.1, -0.05) is 5.21 Å². The Balaban J connectivity index is 2.82. The van der Waals surface area contributed by atoms with Crippen LogP contribution in [-0.4, -0.2) is 27.6 Å². The van der Waals surface area contributed by atoms with E-state index in [-0.39, 0.29) is 13.0 Å². The van der Waals surface area contributed by atoms with Crippen LogP contribution < -0.4 is 0 Å². The predicted octanol–water partition coefficient (Wildman–Crippen LogP) is 0.451. The van der Waals surface area contributed by atoms with Crippen LogP contribution in [0.15, 0.2) is 6.20 Å². The summed E-state index contributed by atoms with van der Waals surface area (Å²) in [5.74, 6) is -0.525. The molecule has 0 radical (unpaired) electrons. The van der Waals surface area contributed by atoms with E-state index in [0.717, 1.165) is 0 Å². The molecular formula is C10H14N4O2. The van der Waals surface area contributed by atoms with E-state index in [0.29, 0.717) is 5.69 Å². The first-order valence-electron chi connectivity index (χ1n) is 4.95. The van der Waals surface area contributed by atoms with E-state index < -0.39 is 11.4 Å². The Morgan fingerprint density at radius 1 is 1.75 bits per heavy atom. The quantitative estimate of drug-likeness (QED) is 0.691. The fraction of sp³-hybridized carbons (Fsp3) is 0.600. The molecule has 0 aliphatic carbocycles. The van der Waals surface area contributed by atoms with Gasteiger partial charge in [0.1, 0.15) is 0 Å². The van der Waals surface area contributed by atoms with Gasteiger partial charge in [-0.2, -0.15) is 5.26 Å². The monoisotopic (exact) mass is 222 g/mol. The minimum absolute atomic E-state index is 0.205. The molecule has 0 aromatic carbocycles. The highest BCUT2D eigenvalue weighted by Gasteiger charge is 2.36. The highest BCUT2D eigenvalue weighted by molar-refractivity contribution is 5.79. The number of esters is 1. The molecule has 0 saturated carbocycles. The molecule has 0 aliphatic rings. The molecule has 1 aromatic rings. The zero-order valence-electron chi connectivity index (χ0n) is 9.60. The number of aromatic nitrogens is 3. The molecule has 1 aromatic heterocycles. The number of rotatable bonds is 4. The fourth-order valence-corrected chi connectivity index (χ4v) is 1.29. The van der Waals surface area contributed by atoms with Gasteiger partial charge in [-0.25, -0.2) is 0 Å². The second kappa shape index (κ2) is 4.75. The summed E-state index contributed by atoms with van der Waals surface area (Å²) < 4.78 is 6.39. The highest BCUT2D eigenvalue weighted by Crippen LogP contribution is 2.22. The van der Waals surface area contributed by atoms with Crippen molar-refractivity contribution in [2.45, 2.75) is 20.3 Å². The molecule has 1 heterocycles. The van der Waals surface area contributed by atoms with E-state index in [1.807, 2.05) is 6.07 Å². The average Bonchev–Trinajstić information content (AvgIpc) is 2.64. The lowest BCUT2D eigenvalue weighted by Crippen LogP contribution is -2.30. The minimum Gasteiger partial charge on any atom is -0.465 e. The summed E-state index contributed by atoms with van der Waals surface area (Å²) in [6, 6.07) is 1.97. The van der Waals surface area contributed by atoms with Crippen molar-refractivity contribution in [2.24, 2.45) is 12.5 Å². The van der Waals surface area contributed by atoms with Crippen molar-refractivity contribution in [2.75, 3.05) is 6.61 Å². The summed E-state index contributed by atoms with van der Waals surface area (Å²) in [4.78, 5) is 11.6. The first-order chi connectivity index (χ1) is 7.51. The van der Waals surface area contributed by atoms with Gasteiger partial charge >= 0.3 is 5.97 Å². The summed E-state index contributed by atoms with van der Waals surface area (Å²) in [5.41, 5.74) is -0.605. The van der Waals surface area contributed by atoms with Crippen molar-refractivity contribution >= 4 is 5.97 Å². The Hall–Kier alpha value is -1.90. The Kier molecular flexibility index (Phi) is 3.61. The largest absolute Gasteiger partial charge is 0.465 e. The third kappa shape index (κ3) is 2.57. The third-order valence-corrected chi connectivity index (χ3v) is 2.16. The van der Waals surface area contributed by atoms with E-state index in [1.54, 1.807) is 27.1 Å². The van der Waals surface area contributed by atoms with Crippen molar-refractivity contribution in [3.05, 3.63) is 11.9 Å². The van der Waals surface area contributed by atoms with Crippen LogP contribution in [0.25, 0.3) is 0 Å². The lowest BCUT2D eigenvalue weighted by atomic mass is 9.87. The van der Waals surface area contributed by atoms with Crippen molar-refractivity contribution < 1.29 is 9.53 Å². The second-order valence-corrected chi connectivity index (χ2v) is 3.72. The first kappa shape index (κ1) is 12.2. The fourth-order valence-electron chi connectivity index (χ4n) is 1.29. The zero-order valence-corrected chi connectivity index (χ0v) is 9.60. The molecule has 0 saturated heterocycles. The van der Waals surface area contributed by atoms with Crippen molar-refractivity contribution in [1.82, 2.24) is 15.0 Å². The predicted molar refractivity (Wildman–Crippen MR) is 55.1 cm³/mol. The Morgan fingerprint density at radius 2 is 2.44 bits per heavy atom. The number of nitrogens with zero attached hydrogens (tertiary/aromatic N) is 4. The maximum Gasteiger partial charge on any atom is 0.326 e. The molecule has 0 N–H and O–H groups in total. The summed E-state index contributed by atoms with van der Waals surface area (Å²) in [7, 11) is 1.73. The van der Waals surface area contributed by atoms with Crippen LogP contribution in [-0.2, 0) is 23.0 Å². The zero-order chi connectivity index (χ0) is 12.2. The van der Waals surface area contributed by atoms with Gasteiger partial charge in [0.25, 0.3) is 0 Å². The number of hydrogen-bond acceptors (Lipinski definition) is 5. The molecule has 6 heteroatoms. The summed E-state index contributed by atoms with van der Waals surface area (Å²) in [5, 5.41) is 16.6. The van der Waals surface area contributed by atoms with Crippen LogP contribution in [0.5, 0.6) is 0 Å². The molecular weight excluding hydrogens is 208 g/mol. The van der Waals surface area contributed by atoms with Crippen molar-refractivity contribution in [3.63, 3.8) is 0 Å².